The van der Waals surface area contributed by atoms with Gasteiger partial charge in [0.2, 0.25) is 5.91 Å². The van der Waals surface area contributed by atoms with Crippen LogP contribution in [0.4, 0.5) is 5.69 Å². The molecule has 0 atom stereocenters. The summed E-state index contributed by atoms with van der Waals surface area (Å²) in [6.07, 6.45) is 2.49. The number of anilines is 1. The van der Waals surface area contributed by atoms with Crippen molar-refractivity contribution in [1.29, 1.82) is 0 Å². The molecule has 0 aromatic heterocycles. The van der Waals surface area contributed by atoms with Gasteiger partial charge >= 0.3 is 0 Å². The van der Waals surface area contributed by atoms with Gasteiger partial charge in [0.1, 0.15) is 0 Å². The number of carbonyl (C=O) groups is 2. The first-order valence-corrected chi connectivity index (χ1v) is 7.00. The SMILES string of the molecule is CNC(=O)c1cc(Cl)ccc1NC(=O)CNCC1CC1. The van der Waals surface area contributed by atoms with Crippen molar-refractivity contribution in [3.63, 3.8) is 0 Å². The first-order chi connectivity index (χ1) is 9.60. The summed E-state index contributed by atoms with van der Waals surface area (Å²) in [5.41, 5.74) is 0.822. The van der Waals surface area contributed by atoms with Gasteiger partial charge in [-0.3, -0.25) is 9.59 Å². The largest absolute Gasteiger partial charge is 0.355 e. The molecular weight excluding hydrogens is 278 g/mol. The highest BCUT2D eigenvalue weighted by Gasteiger charge is 2.20. The van der Waals surface area contributed by atoms with Gasteiger partial charge in [0, 0.05) is 12.1 Å². The first kappa shape index (κ1) is 14.8. The Balaban J connectivity index is 1.96. The number of rotatable bonds is 6. The molecule has 0 heterocycles. The Kier molecular flexibility index (Phi) is 4.98. The summed E-state index contributed by atoms with van der Waals surface area (Å²) in [4.78, 5) is 23.6. The molecule has 0 spiro atoms. The Hall–Kier alpha value is -1.59. The minimum Gasteiger partial charge on any atom is -0.355 e. The third kappa shape index (κ3) is 4.21. The first-order valence-electron chi connectivity index (χ1n) is 6.62. The molecule has 2 amide bonds. The van der Waals surface area contributed by atoms with Crippen molar-refractivity contribution in [3.8, 4) is 0 Å². The number of hydrogen-bond donors (Lipinski definition) is 3. The summed E-state index contributed by atoms with van der Waals surface area (Å²) in [6, 6.07) is 4.81. The lowest BCUT2D eigenvalue weighted by Crippen LogP contribution is -2.30. The second-order valence-electron chi connectivity index (χ2n) is 4.89. The number of hydrogen-bond acceptors (Lipinski definition) is 3. The average molecular weight is 296 g/mol. The van der Waals surface area contributed by atoms with Crippen molar-refractivity contribution in [1.82, 2.24) is 10.6 Å². The van der Waals surface area contributed by atoms with Gasteiger partial charge in [-0.05, 0) is 43.5 Å². The molecule has 20 heavy (non-hydrogen) atoms. The van der Waals surface area contributed by atoms with Gasteiger partial charge in [0.05, 0.1) is 17.8 Å². The lowest BCUT2D eigenvalue weighted by Gasteiger charge is -2.11. The molecule has 1 aromatic carbocycles. The maximum Gasteiger partial charge on any atom is 0.253 e. The van der Waals surface area contributed by atoms with E-state index < -0.39 is 0 Å². The number of benzene rings is 1. The number of amides is 2. The van der Waals surface area contributed by atoms with E-state index in [1.165, 1.54) is 26.0 Å². The van der Waals surface area contributed by atoms with Gasteiger partial charge < -0.3 is 16.0 Å². The molecule has 2 rings (SSSR count). The molecule has 0 aliphatic heterocycles. The zero-order valence-corrected chi connectivity index (χ0v) is 12.1. The Morgan fingerprint density at radius 2 is 2.10 bits per heavy atom. The zero-order chi connectivity index (χ0) is 14.5. The summed E-state index contributed by atoms with van der Waals surface area (Å²) < 4.78 is 0. The topological polar surface area (TPSA) is 70.2 Å². The van der Waals surface area contributed by atoms with E-state index in [-0.39, 0.29) is 18.4 Å². The van der Waals surface area contributed by atoms with Crippen LogP contribution in [0, 0.1) is 5.92 Å². The van der Waals surface area contributed by atoms with Crippen LogP contribution in [0.15, 0.2) is 18.2 Å². The minimum atomic E-state index is -0.284. The van der Waals surface area contributed by atoms with Gasteiger partial charge in [-0.25, -0.2) is 0 Å². The molecule has 0 unspecified atom stereocenters. The minimum absolute atomic E-state index is 0.168. The third-order valence-corrected chi connectivity index (χ3v) is 3.38. The maximum atomic E-state index is 11.8. The molecule has 108 valence electrons. The second-order valence-corrected chi connectivity index (χ2v) is 5.33. The van der Waals surface area contributed by atoms with Gasteiger partial charge in [0.15, 0.2) is 0 Å². The lowest BCUT2D eigenvalue weighted by molar-refractivity contribution is -0.115. The molecule has 1 fully saturated rings. The molecule has 0 radical (unpaired) electrons. The van der Waals surface area contributed by atoms with Crippen LogP contribution >= 0.6 is 11.6 Å². The summed E-state index contributed by atoms with van der Waals surface area (Å²) in [7, 11) is 1.53. The molecule has 1 aromatic rings. The Labute approximate surface area is 123 Å². The monoisotopic (exact) mass is 295 g/mol. The van der Waals surface area contributed by atoms with Gasteiger partial charge in [-0.15, -0.1) is 0 Å². The molecule has 1 saturated carbocycles. The summed E-state index contributed by atoms with van der Waals surface area (Å²) in [5, 5.41) is 8.81. The average Bonchev–Trinajstić information content (AvgIpc) is 3.24. The Morgan fingerprint density at radius 3 is 2.75 bits per heavy atom. The van der Waals surface area contributed by atoms with Crippen LogP contribution in [0.3, 0.4) is 0 Å². The van der Waals surface area contributed by atoms with Crippen LogP contribution < -0.4 is 16.0 Å². The second kappa shape index (κ2) is 6.72. The molecule has 0 bridgehead atoms. The number of carbonyl (C=O) groups excluding carboxylic acids is 2. The van der Waals surface area contributed by atoms with E-state index in [2.05, 4.69) is 16.0 Å². The van der Waals surface area contributed by atoms with Crippen LogP contribution in [-0.4, -0.2) is 32.0 Å². The van der Waals surface area contributed by atoms with Gasteiger partial charge in [-0.2, -0.15) is 0 Å². The molecule has 1 aliphatic rings. The molecule has 6 heteroatoms. The van der Waals surface area contributed by atoms with Crippen molar-refractivity contribution >= 4 is 29.1 Å². The van der Waals surface area contributed by atoms with Crippen LogP contribution in [-0.2, 0) is 4.79 Å². The molecule has 3 N–H and O–H groups in total. The smallest absolute Gasteiger partial charge is 0.253 e. The highest BCUT2D eigenvalue weighted by atomic mass is 35.5. The number of halogens is 1. The van der Waals surface area contributed by atoms with Crippen LogP contribution in [0.2, 0.25) is 5.02 Å². The van der Waals surface area contributed by atoms with Crippen molar-refractivity contribution in [2.75, 3.05) is 25.5 Å². The van der Waals surface area contributed by atoms with E-state index in [9.17, 15) is 9.59 Å². The fraction of sp³-hybridized carbons (Fsp3) is 0.429. The van der Waals surface area contributed by atoms with Gasteiger partial charge in [-0.1, -0.05) is 11.6 Å². The maximum absolute atomic E-state index is 11.8. The lowest BCUT2D eigenvalue weighted by atomic mass is 10.1. The number of nitrogens with one attached hydrogen (secondary N) is 3. The highest BCUT2D eigenvalue weighted by molar-refractivity contribution is 6.31. The van der Waals surface area contributed by atoms with E-state index in [0.29, 0.717) is 16.3 Å². The fourth-order valence-corrected chi connectivity index (χ4v) is 2.03. The van der Waals surface area contributed by atoms with E-state index in [1.54, 1.807) is 12.1 Å². The molecule has 1 aliphatic carbocycles. The summed E-state index contributed by atoms with van der Waals surface area (Å²) >= 11 is 5.87. The van der Waals surface area contributed by atoms with Crippen molar-refractivity contribution in [3.05, 3.63) is 28.8 Å². The van der Waals surface area contributed by atoms with Crippen molar-refractivity contribution < 1.29 is 9.59 Å². The summed E-state index contributed by atoms with van der Waals surface area (Å²) in [5.74, 6) is 0.270. The molecule has 0 saturated heterocycles. The highest BCUT2D eigenvalue weighted by Crippen LogP contribution is 2.27. The van der Waals surface area contributed by atoms with Crippen molar-refractivity contribution in [2.45, 2.75) is 12.8 Å². The Morgan fingerprint density at radius 1 is 1.35 bits per heavy atom. The quantitative estimate of drug-likeness (QED) is 0.747. The predicted molar refractivity (Wildman–Crippen MR) is 79.1 cm³/mol. The van der Waals surface area contributed by atoms with Crippen molar-refractivity contribution in [2.24, 2.45) is 5.92 Å². The normalized spacial score (nSPS) is 13.9. The molecule has 5 nitrogen and oxygen atoms in total. The Bertz CT molecular complexity index is 515. The van der Waals surface area contributed by atoms with E-state index in [1.807, 2.05) is 0 Å². The van der Waals surface area contributed by atoms with E-state index >= 15 is 0 Å². The predicted octanol–water partition coefficient (Wildman–Crippen LogP) is 1.64. The van der Waals surface area contributed by atoms with Crippen LogP contribution in [0.1, 0.15) is 23.2 Å². The standard InChI is InChI=1S/C14H18ClN3O2/c1-16-14(20)11-6-10(15)4-5-12(11)18-13(19)8-17-7-9-2-3-9/h4-6,9,17H,2-3,7-8H2,1H3,(H,16,20)(H,18,19). The molecular formula is C14H18ClN3O2. The van der Waals surface area contributed by atoms with Crippen LogP contribution in [0.25, 0.3) is 0 Å². The zero-order valence-electron chi connectivity index (χ0n) is 11.3. The van der Waals surface area contributed by atoms with Crippen LogP contribution in [0.5, 0.6) is 0 Å². The summed E-state index contributed by atoms with van der Waals surface area (Å²) in [6.45, 7) is 1.11. The van der Waals surface area contributed by atoms with Gasteiger partial charge in [0.25, 0.3) is 5.91 Å². The third-order valence-electron chi connectivity index (χ3n) is 3.14. The van der Waals surface area contributed by atoms with E-state index in [4.69, 9.17) is 11.6 Å². The fourth-order valence-electron chi connectivity index (χ4n) is 1.85. The van der Waals surface area contributed by atoms with E-state index in [0.717, 1.165) is 12.5 Å².